The predicted octanol–water partition coefficient (Wildman–Crippen LogP) is 3.55. The molecule has 0 aliphatic carbocycles. The van der Waals surface area contributed by atoms with Gasteiger partial charge in [-0.05, 0) is 67.1 Å². The maximum Gasteiger partial charge on any atom is 0.254 e. The van der Waals surface area contributed by atoms with E-state index in [2.05, 4.69) is 36.4 Å². The van der Waals surface area contributed by atoms with E-state index in [-0.39, 0.29) is 5.91 Å². The standard InChI is InChI=1S/C13H18INO/c1-4-10(3)15(5-2)13(16)11-6-8-12(14)9-7-11/h6-10H,4-5H2,1-3H3. The van der Waals surface area contributed by atoms with E-state index in [4.69, 9.17) is 0 Å². The van der Waals surface area contributed by atoms with Gasteiger partial charge >= 0.3 is 0 Å². The van der Waals surface area contributed by atoms with Crippen molar-refractivity contribution in [1.29, 1.82) is 0 Å². The third-order valence-electron chi connectivity index (χ3n) is 2.82. The van der Waals surface area contributed by atoms with Crippen molar-refractivity contribution in [2.45, 2.75) is 33.2 Å². The maximum atomic E-state index is 12.2. The van der Waals surface area contributed by atoms with Gasteiger partial charge in [0, 0.05) is 21.7 Å². The molecular weight excluding hydrogens is 313 g/mol. The third-order valence-corrected chi connectivity index (χ3v) is 3.53. The number of rotatable bonds is 4. The molecule has 0 saturated carbocycles. The molecule has 3 heteroatoms. The van der Waals surface area contributed by atoms with E-state index in [1.165, 1.54) is 0 Å². The zero-order valence-electron chi connectivity index (χ0n) is 10.0. The van der Waals surface area contributed by atoms with E-state index in [1.54, 1.807) is 0 Å². The van der Waals surface area contributed by atoms with Crippen LogP contribution in [0.1, 0.15) is 37.6 Å². The molecule has 0 aliphatic heterocycles. The average Bonchev–Trinajstić information content (AvgIpc) is 2.30. The number of amides is 1. The predicted molar refractivity (Wildman–Crippen MR) is 75.6 cm³/mol. The molecule has 0 aliphatic rings. The van der Waals surface area contributed by atoms with Gasteiger partial charge in [0.1, 0.15) is 0 Å². The highest BCUT2D eigenvalue weighted by molar-refractivity contribution is 14.1. The topological polar surface area (TPSA) is 20.3 Å². The highest BCUT2D eigenvalue weighted by atomic mass is 127. The highest BCUT2D eigenvalue weighted by Crippen LogP contribution is 2.12. The third kappa shape index (κ3) is 3.20. The Morgan fingerprint density at radius 3 is 2.31 bits per heavy atom. The van der Waals surface area contributed by atoms with Crippen LogP contribution in [0.2, 0.25) is 0 Å². The number of halogens is 1. The molecular formula is C13H18INO. The van der Waals surface area contributed by atoms with Crippen LogP contribution in [0.3, 0.4) is 0 Å². The maximum absolute atomic E-state index is 12.2. The lowest BCUT2D eigenvalue weighted by Gasteiger charge is -2.27. The summed E-state index contributed by atoms with van der Waals surface area (Å²) in [5.41, 5.74) is 0.780. The van der Waals surface area contributed by atoms with E-state index in [9.17, 15) is 4.79 Å². The number of hydrogen-bond acceptors (Lipinski definition) is 1. The fourth-order valence-electron chi connectivity index (χ4n) is 1.63. The van der Waals surface area contributed by atoms with Crippen molar-refractivity contribution in [3.63, 3.8) is 0 Å². The highest BCUT2D eigenvalue weighted by Gasteiger charge is 2.18. The molecule has 1 atom stereocenters. The Bertz CT molecular complexity index is 347. The number of carbonyl (C=O) groups excluding carboxylic acids is 1. The Kier molecular flexibility index (Phi) is 5.25. The molecule has 0 radical (unpaired) electrons. The van der Waals surface area contributed by atoms with Gasteiger partial charge in [0.2, 0.25) is 0 Å². The lowest BCUT2D eigenvalue weighted by Crippen LogP contribution is -2.38. The lowest BCUT2D eigenvalue weighted by atomic mass is 10.1. The smallest absolute Gasteiger partial charge is 0.254 e. The van der Waals surface area contributed by atoms with Crippen molar-refractivity contribution in [1.82, 2.24) is 4.90 Å². The zero-order valence-corrected chi connectivity index (χ0v) is 12.2. The molecule has 2 nitrogen and oxygen atoms in total. The molecule has 1 aromatic carbocycles. The van der Waals surface area contributed by atoms with E-state index in [0.29, 0.717) is 6.04 Å². The van der Waals surface area contributed by atoms with Crippen molar-refractivity contribution in [3.05, 3.63) is 33.4 Å². The van der Waals surface area contributed by atoms with E-state index in [1.807, 2.05) is 36.1 Å². The monoisotopic (exact) mass is 331 g/mol. The summed E-state index contributed by atoms with van der Waals surface area (Å²) in [4.78, 5) is 14.1. The molecule has 16 heavy (non-hydrogen) atoms. The van der Waals surface area contributed by atoms with Crippen LogP contribution in [0.4, 0.5) is 0 Å². The molecule has 1 unspecified atom stereocenters. The summed E-state index contributed by atoms with van der Waals surface area (Å²) in [6, 6.07) is 8.04. The van der Waals surface area contributed by atoms with E-state index < -0.39 is 0 Å². The fraction of sp³-hybridized carbons (Fsp3) is 0.462. The number of hydrogen-bond donors (Lipinski definition) is 0. The molecule has 0 N–H and O–H groups in total. The van der Waals surface area contributed by atoms with Gasteiger partial charge < -0.3 is 4.90 Å². The number of nitrogens with zero attached hydrogens (tertiary/aromatic N) is 1. The first-order valence-corrected chi connectivity index (χ1v) is 6.74. The van der Waals surface area contributed by atoms with Crippen LogP contribution in [0.15, 0.2) is 24.3 Å². The Morgan fingerprint density at radius 1 is 1.31 bits per heavy atom. The minimum Gasteiger partial charge on any atom is -0.336 e. The second kappa shape index (κ2) is 6.23. The Balaban J connectivity index is 2.87. The van der Waals surface area contributed by atoms with Crippen LogP contribution >= 0.6 is 22.6 Å². The van der Waals surface area contributed by atoms with Crippen LogP contribution in [-0.2, 0) is 0 Å². The van der Waals surface area contributed by atoms with Gasteiger partial charge in [0.25, 0.3) is 5.91 Å². The Labute approximate surface area is 111 Å². The van der Waals surface area contributed by atoms with Gasteiger partial charge in [0.15, 0.2) is 0 Å². The number of benzene rings is 1. The lowest BCUT2D eigenvalue weighted by molar-refractivity contribution is 0.0700. The number of carbonyl (C=O) groups is 1. The van der Waals surface area contributed by atoms with E-state index >= 15 is 0 Å². The summed E-state index contributed by atoms with van der Waals surface area (Å²) in [7, 11) is 0. The molecule has 1 amide bonds. The van der Waals surface area contributed by atoms with E-state index in [0.717, 1.165) is 22.1 Å². The largest absolute Gasteiger partial charge is 0.336 e. The summed E-state index contributed by atoms with van der Waals surface area (Å²) in [5, 5.41) is 0. The summed E-state index contributed by atoms with van der Waals surface area (Å²) >= 11 is 2.24. The summed E-state index contributed by atoms with van der Waals surface area (Å²) < 4.78 is 1.15. The molecule has 0 aromatic heterocycles. The normalized spacial score (nSPS) is 12.2. The van der Waals surface area contributed by atoms with Gasteiger partial charge in [-0.25, -0.2) is 0 Å². The van der Waals surface area contributed by atoms with Gasteiger partial charge in [-0.1, -0.05) is 6.92 Å². The van der Waals surface area contributed by atoms with Gasteiger partial charge in [-0.3, -0.25) is 4.79 Å². The van der Waals surface area contributed by atoms with Crippen molar-refractivity contribution in [2.24, 2.45) is 0 Å². The summed E-state index contributed by atoms with van der Waals surface area (Å²) in [6.07, 6.45) is 0.990. The van der Waals surface area contributed by atoms with Crippen molar-refractivity contribution in [2.75, 3.05) is 6.54 Å². The van der Waals surface area contributed by atoms with Crippen LogP contribution in [0, 0.1) is 3.57 Å². The minimum atomic E-state index is 0.133. The van der Waals surface area contributed by atoms with Crippen molar-refractivity contribution >= 4 is 28.5 Å². The second-order valence-corrected chi connectivity index (χ2v) is 5.10. The van der Waals surface area contributed by atoms with Crippen LogP contribution in [-0.4, -0.2) is 23.4 Å². The van der Waals surface area contributed by atoms with Gasteiger partial charge in [-0.15, -0.1) is 0 Å². The fourth-order valence-corrected chi connectivity index (χ4v) is 1.99. The molecule has 88 valence electrons. The first-order chi connectivity index (χ1) is 7.60. The Hall–Kier alpha value is -0.580. The molecule has 1 aromatic rings. The quantitative estimate of drug-likeness (QED) is 0.773. The molecule has 0 saturated heterocycles. The molecule has 0 spiro atoms. The van der Waals surface area contributed by atoms with Crippen LogP contribution in [0.25, 0.3) is 0 Å². The SMILES string of the molecule is CCC(C)N(CC)C(=O)c1ccc(I)cc1. The second-order valence-electron chi connectivity index (χ2n) is 3.86. The summed E-state index contributed by atoms with van der Waals surface area (Å²) in [5.74, 6) is 0.133. The molecule has 1 rings (SSSR count). The van der Waals surface area contributed by atoms with Crippen molar-refractivity contribution < 1.29 is 4.79 Å². The molecule has 0 fully saturated rings. The summed E-state index contributed by atoms with van der Waals surface area (Å²) in [6.45, 7) is 6.99. The van der Waals surface area contributed by atoms with Gasteiger partial charge in [0.05, 0.1) is 0 Å². The Morgan fingerprint density at radius 2 is 1.88 bits per heavy atom. The van der Waals surface area contributed by atoms with Crippen molar-refractivity contribution in [3.8, 4) is 0 Å². The zero-order chi connectivity index (χ0) is 12.1. The average molecular weight is 331 g/mol. The molecule has 0 bridgehead atoms. The first-order valence-electron chi connectivity index (χ1n) is 5.66. The van der Waals surface area contributed by atoms with Crippen LogP contribution < -0.4 is 0 Å². The molecule has 0 heterocycles. The van der Waals surface area contributed by atoms with Crippen LogP contribution in [0.5, 0.6) is 0 Å². The first kappa shape index (κ1) is 13.5. The minimum absolute atomic E-state index is 0.133. The van der Waals surface area contributed by atoms with Gasteiger partial charge in [-0.2, -0.15) is 0 Å².